The van der Waals surface area contributed by atoms with Crippen LogP contribution < -0.4 is 5.32 Å². The van der Waals surface area contributed by atoms with Crippen molar-refractivity contribution in [3.05, 3.63) is 35.9 Å². The van der Waals surface area contributed by atoms with Crippen molar-refractivity contribution >= 4 is 23.8 Å². The fourth-order valence-electron chi connectivity index (χ4n) is 1.38. The van der Waals surface area contributed by atoms with E-state index in [9.17, 15) is 9.59 Å². The molecule has 1 atom stereocenters. The summed E-state index contributed by atoms with van der Waals surface area (Å²) in [6, 6.07) is 9.34. The van der Waals surface area contributed by atoms with Gasteiger partial charge in [0.25, 0.3) is 0 Å². The smallest absolute Gasteiger partial charge is 0.407 e. The van der Waals surface area contributed by atoms with Crippen LogP contribution >= 0.6 is 12.6 Å². The van der Waals surface area contributed by atoms with Crippen LogP contribution in [0.4, 0.5) is 4.79 Å². The minimum Gasteiger partial charge on any atom is -0.445 e. The summed E-state index contributed by atoms with van der Waals surface area (Å²) in [5.74, 6) is 0. The Morgan fingerprint density at radius 2 is 2.00 bits per heavy atom. The van der Waals surface area contributed by atoms with Gasteiger partial charge < -0.3 is 10.1 Å². The topological polar surface area (TPSA) is 55.4 Å². The molecular formula is C13H17NO3S. The largest absolute Gasteiger partial charge is 0.445 e. The Morgan fingerprint density at radius 1 is 1.33 bits per heavy atom. The van der Waals surface area contributed by atoms with Crippen molar-refractivity contribution in [3.8, 4) is 0 Å². The summed E-state index contributed by atoms with van der Waals surface area (Å²) in [6.45, 7) is 2.06. The molecule has 1 N–H and O–H groups in total. The SMILES string of the molecule is CC(CCC(=O)S)NC(=O)OCc1ccccc1. The lowest BCUT2D eigenvalue weighted by atomic mass is 10.2. The summed E-state index contributed by atoms with van der Waals surface area (Å²) in [4.78, 5) is 22.1. The summed E-state index contributed by atoms with van der Waals surface area (Å²) >= 11 is 3.67. The molecule has 4 nitrogen and oxygen atoms in total. The quantitative estimate of drug-likeness (QED) is 0.779. The van der Waals surface area contributed by atoms with E-state index >= 15 is 0 Å². The third-order valence-electron chi connectivity index (χ3n) is 2.37. The molecule has 0 radical (unpaired) electrons. The van der Waals surface area contributed by atoms with E-state index in [1.54, 1.807) is 0 Å². The maximum absolute atomic E-state index is 11.4. The number of rotatable bonds is 6. The van der Waals surface area contributed by atoms with E-state index in [4.69, 9.17) is 4.74 Å². The van der Waals surface area contributed by atoms with Crippen LogP contribution in [0.2, 0.25) is 0 Å². The van der Waals surface area contributed by atoms with E-state index in [-0.39, 0.29) is 17.8 Å². The zero-order valence-corrected chi connectivity index (χ0v) is 11.2. The first-order valence-corrected chi connectivity index (χ1v) is 6.21. The number of hydrogen-bond acceptors (Lipinski definition) is 3. The first kappa shape index (κ1) is 14.6. The number of amides is 1. The Hall–Kier alpha value is -1.49. The third-order valence-corrected chi connectivity index (χ3v) is 2.59. The van der Waals surface area contributed by atoms with Gasteiger partial charge in [0.1, 0.15) is 6.61 Å². The van der Waals surface area contributed by atoms with Gasteiger partial charge in [0.15, 0.2) is 5.12 Å². The first-order chi connectivity index (χ1) is 8.58. The number of alkyl carbamates (subject to hydrolysis) is 1. The van der Waals surface area contributed by atoms with E-state index < -0.39 is 6.09 Å². The molecular weight excluding hydrogens is 250 g/mol. The van der Waals surface area contributed by atoms with Crippen molar-refractivity contribution in [2.24, 2.45) is 0 Å². The number of nitrogens with one attached hydrogen (secondary N) is 1. The molecule has 5 heteroatoms. The average molecular weight is 267 g/mol. The number of ether oxygens (including phenoxy) is 1. The summed E-state index contributed by atoms with van der Waals surface area (Å²) in [6.07, 6.45) is 0.421. The van der Waals surface area contributed by atoms with Gasteiger partial charge in [-0.2, -0.15) is 0 Å². The fraction of sp³-hybridized carbons (Fsp3) is 0.385. The minimum absolute atomic E-state index is 0.107. The summed E-state index contributed by atoms with van der Waals surface area (Å²) < 4.78 is 5.05. The molecule has 0 aliphatic rings. The van der Waals surface area contributed by atoms with Gasteiger partial charge in [0, 0.05) is 12.5 Å². The van der Waals surface area contributed by atoms with Gasteiger partial charge in [-0.3, -0.25) is 4.79 Å². The molecule has 1 amide bonds. The molecule has 0 heterocycles. The number of benzene rings is 1. The van der Waals surface area contributed by atoms with Crippen molar-refractivity contribution < 1.29 is 14.3 Å². The second kappa shape index (κ2) is 7.76. The highest BCUT2D eigenvalue weighted by Crippen LogP contribution is 2.02. The predicted octanol–water partition coefficient (Wildman–Crippen LogP) is 2.54. The van der Waals surface area contributed by atoms with Gasteiger partial charge in [0.05, 0.1) is 0 Å². The van der Waals surface area contributed by atoms with Crippen molar-refractivity contribution in [2.45, 2.75) is 32.4 Å². The molecule has 18 heavy (non-hydrogen) atoms. The van der Waals surface area contributed by atoms with Gasteiger partial charge >= 0.3 is 6.09 Å². The van der Waals surface area contributed by atoms with Gasteiger partial charge in [0.2, 0.25) is 0 Å². The Bertz CT molecular complexity index is 394. The standard InChI is InChI=1S/C13H17NO3S/c1-10(7-8-12(15)18)14-13(16)17-9-11-5-3-2-4-6-11/h2-6,10H,7-9H2,1H3,(H,14,16)(H,15,18). The van der Waals surface area contributed by atoms with E-state index in [2.05, 4.69) is 17.9 Å². The molecule has 0 saturated heterocycles. The predicted molar refractivity (Wildman–Crippen MR) is 72.5 cm³/mol. The van der Waals surface area contributed by atoms with Crippen LogP contribution in [0.15, 0.2) is 30.3 Å². The lowest BCUT2D eigenvalue weighted by Crippen LogP contribution is -2.33. The highest BCUT2D eigenvalue weighted by Gasteiger charge is 2.09. The Kier molecular flexibility index (Phi) is 6.28. The zero-order chi connectivity index (χ0) is 13.4. The van der Waals surface area contributed by atoms with Crippen molar-refractivity contribution in [2.75, 3.05) is 0 Å². The first-order valence-electron chi connectivity index (χ1n) is 5.77. The van der Waals surface area contributed by atoms with Crippen molar-refractivity contribution in [1.29, 1.82) is 0 Å². The molecule has 0 bridgehead atoms. The van der Waals surface area contributed by atoms with Crippen LogP contribution in [0, 0.1) is 0 Å². The molecule has 1 aromatic rings. The number of hydrogen-bond donors (Lipinski definition) is 2. The molecule has 0 fully saturated rings. The van der Waals surface area contributed by atoms with E-state index in [0.29, 0.717) is 12.8 Å². The fourth-order valence-corrected chi connectivity index (χ4v) is 1.51. The molecule has 0 aromatic heterocycles. The molecule has 98 valence electrons. The van der Waals surface area contributed by atoms with Gasteiger partial charge in [-0.15, -0.1) is 12.6 Å². The summed E-state index contributed by atoms with van der Waals surface area (Å²) in [5.41, 5.74) is 0.936. The normalized spacial score (nSPS) is 11.7. The lowest BCUT2D eigenvalue weighted by Gasteiger charge is -2.13. The van der Waals surface area contributed by atoms with Crippen molar-refractivity contribution in [3.63, 3.8) is 0 Å². The Labute approximate surface area is 112 Å². The van der Waals surface area contributed by atoms with Gasteiger partial charge in [-0.05, 0) is 18.9 Å². The van der Waals surface area contributed by atoms with Crippen LogP contribution in [-0.2, 0) is 16.1 Å². The molecule has 0 saturated carbocycles. The van der Waals surface area contributed by atoms with Crippen LogP contribution in [0.1, 0.15) is 25.3 Å². The molecule has 0 aliphatic heterocycles. The zero-order valence-electron chi connectivity index (χ0n) is 10.3. The minimum atomic E-state index is -0.474. The van der Waals surface area contributed by atoms with Crippen LogP contribution in [-0.4, -0.2) is 17.3 Å². The molecule has 1 rings (SSSR count). The summed E-state index contributed by atoms with van der Waals surface area (Å²) in [5, 5.41) is 2.48. The molecule has 1 unspecified atom stereocenters. The van der Waals surface area contributed by atoms with Gasteiger partial charge in [-0.25, -0.2) is 4.79 Å². The van der Waals surface area contributed by atoms with Crippen LogP contribution in [0.25, 0.3) is 0 Å². The third kappa shape index (κ3) is 6.30. The lowest BCUT2D eigenvalue weighted by molar-refractivity contribution is -0.111. The van der Waals surface area contributed by atoms with E-state index in [1.807, 2.05) is 37.3 Å². The van der Waals surface area contributed by atoms with Crippen LogP contribution in [0.5, 0.6) is 0 Å². The number of carbonyl (C=O) groups is 2. The Morgan fingerprint density at radius 3 is 2.61 bits per heavy atom. The maximum Gasteiger partial charge on any atom is 0.407 e. The van der Waals surface area contributed by atoms with Gasteiger partial charge in [-0.1, -0.05) is 30.3 Å². The van der Waals surface area contributed by atoms with Crippen LogP contribution in [0.3, 0.4) is 0 Å². The highest BCUT2D eigenvalue weighted by atomic mass is 32.1. The molecule has 0 spiro atoms. The monoisotopic (exact) mass is 267 g/mol. The average Bonchev–Trinajstić information content (AvgIpc) is 2.35. The van der Waals surface area contributed by atoms with Crippen molar-refractivity contribution in [1.82, 2.24) is 5.32 Å². The van der Waals surface area contributed by atoms with E-state index in [1.165, 1.54) is 0 Å². The molecule has 1 aromatic carbocycles. The Balaban J connectivity index is 2.23. The number of thiol groups is 1. The summed E-state index contributed by atoms with van der Waals surface area (Å²) in [7, 11) is 0. The second-order valence-corrected chi connectivity index (χ2v) is 4.54. The van der Waals surface area contributed by atoms with E-state index in [0.717, 1.165) is 5.56 Å². The molecule has 0 aliphatic carbocycles. The maximum atomic E-state index is 11.4. The highest BCUT2D eigenvalue weighted by molar-refractivity contribution is 7.96. The number of carbonyl (C=O) groups excluding carboxylic acids is 2. The second-order valence-electron chi connectivity index (χ2n) is 4.04.